The number of halogens is 3. The molecule has 20 heavy (non-hydrogen) atoms. The third kappa shape index (κ3) is 7.54. The number of likely N-dealkylation sites (tertiary alicyclic amines) is 1. The Balaban J connectivity index is 2.09. The van der Waals surface area contributed by atoms with Crippen LogP contribution < -0.4 is 10.6 Å². The van der Waals surface area contributed by atoms with Gasteiger partial charge in [-0.2, -0.15) is 13.2 Å². The van der Waals surface area contributed by atoms with Gasteiger partial charge in [0.15, 0.2) is 0 Å². The molecular formula is C12H22F3N3O2. The fourth-order valence-electron chi connectivity index (χ4n) is 2.19. The van der Waals surface area contributed by atoms with Crippen LogP contribution in [0.2, 0.25) is 0 Å². The summed E-state index contributed by atoms with van der Waals surface area (Å²) in [6, 6.07) is -0.282. The van der Waals surface area contributed by atoms with Gasteiger partial charge in [0.2, 0.25) is 0 Å². The van der Waals surface area contributed by atoms with E-state index in [4.69, 9.17) is 4.74 Å². The second-order valence-corrected chi connectivity index (χ2v) is 4.99. The number of carbonyl (C=O) groups excluding carboxylic acids is 1. The Kier molecular flexibility index (Phi) is 7.08. The number of nitrogens with zero attached hydrogens (tertiary/aromatic N) is 1. The van der Waals surface area contributed by atoms with Crippen LogP contribution in [0.4, 0.5) is 18.0 Å². The molecule has 0 spiro atoms. The van der Waals surface area contributed by atoms with Gasteiger partial charge < -0.3 is 15.4 Å². The van der Waals surface area contributed by atoms with Crippen LogP contribution in [0.1, 0.15) is 12.8 Å². The van der Waals surface area contributed by atoms with Crippen molar-refractivity contribution in [3.63, 3.8) is 0 Å². The molecule has 5 nitrogen and oxygen atoms in total. The minimum Gasteiger partial charge on any atom is -0.385 e. The van der Waals surface area contributed by atoms with Gasteiger partial charge >= 0.3 is 12.2 Å². The van der Waals surface area contributed by atoms with Crippen molar-refractivity contribution in [3.8, 4) is 0 Å². The fraction of sp³-hybridized carbons (Fsp3) is 0.917. The highest BCUT2D eigenvalue weighted by Gasteiger charge is 2.34. The van der Waals surface area contributed by atoms with Gasteiger partial charge in [0.25, 0.3) is 0 Å². The molecule has 1 rings (SSSR count). The zero-order valence-electron chi connectivity index (χ0n) is 11.6. The van der Waals surface area contributed by atoms with Gasteiger partial charge in [-0.1, -0.05) is 0 Å². The Morgan fingerprint density at radius 2 is 2.15 bits per heavy atom. The Morgan fingerprint density at radius 3 is 2.80 bits per heavy atom. The second kappa shape index (κ2) is 8.31. The first-order chi connectivity index (χ1) is 9.40. The lowest BCUT2D eigenvalue weighted by Crippen LogP contribution is -2.39. The normalized spacial score (nSPS) is 20.1. The minimum atomic E-state index is -4.15. The highest BCUT2D eigenvalue weighted by molar-refractivity contribution is 5.73. The van der Waals surface area contributed by atoms with Crippen LogP contribution in [0.25, 0.3) is 0 Å². The van der Waals surface area contributed by atoms with Crippen LogP contribution in [-0.2, 0) is 4.74 Å². The Hall–Kier alpha value is -1.02. The van der Waals surface area contributed by atoms with Crippen LogP contribution >= 0.6 is 0 Å². The third-order valence-electron chi connectivity index (χ3n) is 3.13. The van der Waals surface area contributed by atoms with Crippen molar-refractivity contribution < 1.29 is 22.7 Å². The highest BCUT2D eigenvalue weighted by Crippen LogP contribution is 2.22. The summed E-state index contributed by atoms with van der Waals surface area (Å²) >= 11 is 0. The first-order valence-electron chi connectivity index (χ1n) is 6.70. The Bertz CT molecular complexity index is 300. The average Bonchev–Trinajstić information content (AvgIpc) is 2.77. The molecule has 0 radical (unpaired) electrons. The first-order valence-corrected chi connectivity index (χ1v) is 6.70. The SMILES string of the molecule is COCCCNC(=O)NC[C@H]1CCN(CC(F)(F)F)C1. The molecule has 118 valence electrons. The molecule has 1 heterocycles. The summed E-state index contributed by atoms with van der Waals surface area (Å²) < 4.78 is 41.5. The van der Waals surface area contributed by atoms with E-state index >= 15 is 0 Å². The molecule has 1 fully saturated rings. The van der Waals surface area contributed by atoms with E-state index in [1.165, 1.54) is 4.90 Å². The number of carbonyl (C=O) groups is 1. The summed E-state index contributed by atoms with van der Waals surface area (Å²) in [5.74, 6) is 0.0853. The van der Waals surface area contributed by atoms with E-state index in [9.17, 15) is 18.0 Å². The summed E-state index contributed by atoms with van der Waals surface area (Å²) in [6.07, 6.45) is -2.74. The number of nitrogens with one attached hydrogen (secondary N) is 2. The molecule has 1 aliphatic rings. The smallest absolute Gasteiger partial charge is 0.385 e. The lowest BCUT2D eigenvalue weighted by molar-refractivity contribution is -0.143. The predicted molar refractivity (Wildman–Crippen MR) is 68.5 cm³/mol. The predicted octanol–water partition coefficient (Wildman–Crippen LogP) is 1.21. The zero-order valence-corrected chi connectivity index (χ0v) is 11.6. The Labute approximate surface area is 116 Å². The minimum absolute atomic E-state index is 0.0853. The molecule has 0 saturated carbocycles. The van der Waals surface area contributed by atoms with Crippen molar-refractivity contribution >= 4 is 6.03 Å². The van der Waals surface area contributed by atoms with Gasteiger partial charge in [-0.25, -0.2) is 4.79 Å². The van der Waals surface area contributed by atoms with E-state index in [1.54, 1.807) is 7.11 Å². The summed E-state index contributed by atoms with van der Waals surface area (Å²) in [4.78, 5) is 12.8. The number of amides is 2. The Morgan fingerprint density at radius 1 is 1.40 bits per heavy atom. The standard InChI is InChI=1S/C12H22F3N3O2/c1-20-6-2-4-16-11(19)17-7-10-3-5-18(8-10)9-12(13,14)15/h10H,2-9H2,1H3,(H2,16,17,19)/t10-/m1/s1. The third-order valence-corrected chi connectivity index (χ3v) is 3.13. The molecular weight excluding hydrogens is 275 g/mol. The van der Waals surface area contributed by atoms with Crippen molar-refractivity contribution in [1.82, 2.24) is 15.5 Å². The summed E-state index contributed by atoms with van der Waals surface area (Å²) in [7, 11) is 1.59. The summed E-state index contributed by atoms with van der Waals surface area (Å²) in [6.45, 7) is 1.45. The molecule has 0 aliphatic carbocycles. The van der Waals surface area contributed by atoms with E-state index in [1.807, 2.05) is 0 Å². The van der Waals surface area contributed by atoms with Crippen molar-refractivity contribution in [2.24, 2.45) is 5.92 Å². The molecule has 0 bridgehead atoms. The molecule has 1 atom stereocenters. The first kappa shape index (κ1) is 17.0. The number of methoxy groups -OCH3 is 1. The number of rotatable bonds is 7. The molecule has 8 heteroatoms. The molecule has 2 N–H and O–H groups in total. The van der Waals surface area contributed by atoms with Crippen molar-refractivity contribution in [1.29, 1.82) is 0 Å². The molecule has 0 aromatic rings. The van der Waals surface area contributed by atoms with E-state index in [2.05, 4.69) is 10.6 Å². The molecule has 2 amide bonds. The quantitative estimate of drug-likeness (QED) is 0.695. The molecule has 1 saturated heterocycles. The summed E-state index contributed by atoms with van der Waals surface area (Å²) in [5, 5.41) is 5.35. The van der Waals surface area contributed by atoms with E-state index in [-0.39, 0.29) is 11.9 Å². The van der Waals surface area contributed by atoms with E-state index in [0.29, 0.717) is 39.2 Å². The topological polar surface area (TPSA) is 53.6 Å². The van der Waals surface area contributed by atoms with Crippen LogP contribution in [0.3, 0.4) is 0 Å². The van der Waals surface area contributed by atoms with Crippen LogP contribution in [-0.4, -0.2) is 63.5 Å². The van der Waals surface area contributed by atoms with Gasteiger partial charge in [0, 0.05) is 33.4 Å². The molecule has 1 aliphatic heterocycles. The highest BCUT2D eigenvalue weighted by atomic mass is 19.4. The second-order valence-electron chi connectivity index (χ2n) is 4.99. The van der Waals surface area contributed by atoms with Gasteiger partial charge in [-0.3, -0.25) is 4.90 Å². The average molecular weight is 297 g/mol. The number of urea groups is 1. The lowest BCUT2D eigenvalue weighted by atomic mass is 10.1. The van der Waals surface area contributed by atoms with Crippen molar-refractivity contribution in [2.75, 3.05) is 46.4 Å². The maximum atomic E-state index is 12.2. The number of hydrogen-bond acceptors (Lipinski definition) is 3. The largest absolute Gasteiger partial charge is 0.401 e. The van der Waals surface area contributed by atoms with Gasteiger partial charge in [-0.15, -0.1) is 0 Å². The van der Waals surface area contributed by atoms with Gasteiger partial charge in [-0.05, 0) is 25.3 Å². The monoisotopic (exact) mass is 297 g/mol. The van der Waals surface area contributed by atoms with Crippen molar-refractivity contribution in [3.05, 3.63) is 0 Å². The number of hydrogen-bond donors (Lipinski definition) is 2. The van der Waals surface area contributed by atoms with Gasteiger partial charge in [0.1, 0.15) is 0 Å². The zero-order chi connectivity index (χ0) is 15.0. The van der Waals surface area contributed by atoms with E-state index in [0.717, 1.165) is 6.42 Å². The van der Waals surface area contributed by atoms with Crippen LogP contribution in [0.5, 0.6) is 0 Å². The molecule has 0 aromatic heterocycles. The number of ether oxygens (including phenoxy) is 1. The molecule has 0 aromatic carbocycles. The molecule has 0 unspecified atom stereocenters. The lowest BCUT2D eigenvalue weighted by Gasteiger charge is -2.18. The van der Waals surface area contributed by atoms with Crippen LogP contribution in [0.15, 0.2) is 0 Å². The van der Waals surface area contributed by atoms with Gasteiger partial charge in [0.05, 0.1) is 6.54 Å². The number of alkyl halides is 3. The van der Waals surface area contributed by atoms with E-state index < -0.39 is 12.7 Å². The maximum absolute atomic E-state index is 12.2. The summed E-state index contributed by atoms with van der Waals surface area (Å²) in [5.41, 5.74) is 0. The maximum Gasteiger partial charge on any atom is 0.401 e. The van der Waals surface area contributed by atoms with Crippen molar-refractivity contribution in [2.45, 2.75) is 19.0 Å². The fourth-order valence-corrected chi connectivity index (χ4v) is 2.19. The van der Waals surface area contributed by atoms with Crippen LogP contribution in [0, 0.1) is 5.92 Å².